The van der Waals surface area contributed by atoms with Crippen LogP contribution in [0.15, 0.2) is 0 Å². The number of alkyl halides is 1. The smallest absolute Gasteiger partial charge is 0.00313 e. The maximum atomic E-state index is 3.48. The van der Waals surface area contributed by atoms with Crippen LogP contribution in [0.3, 0.4) is 0 Å². The van der Waals surface area contributed by atoms with Gasteiger partial charge in [-0.2, -0.15) is 0 Å². The van der Waals surface area contributed by atoms with Gasteiger partial charge in [-0.15, -0.1) is 0 Å². The molecular formula is C15H32BrN. The third-order valence-electron chi connectivity index (χ3n) is 3.38. The molecule has 0 N–H and O–H groups in total. The molecule has 0 fully saturated rings. The Morgan fingerprint density at radius 1 is 0.706 bits per heavy atom. The first-order valence-electron chi connectivity index (χ1n) is 7.63. The summed E-state index contributed by atoms with van der Waals surface area (Å²) in [5.41, 5.74) is 0. The molecule has 0 saturated heterocycles. The van der Waals surface area contributed by atoms with Crippen molar-refractivity contribution in [2.45, 2.75) is 71.6 Å². The number of halogens is 1. The summed E-state index contributed by atoms with van der Waals surface area (Å²) in [7, 11) is 0. The number of hydrogen-bond acceptors (Lipinski definition) is 1. The Morgan fingerprint density at radius 3 is 1.76 bits per heavy atom. The second-order valence-corrected chi connectivity index (χ2v) is 5.74. The van der Waals surface area contributed by atoms with Gasteiger partial charge in [0.15, 0.2) is 0 Å². The largest absolute Gasteiger partial charge is 0.304 e. The first-order chi connectivity index (χ1) is 8.35. The molecular weight excluding hydrogens is 274 g/mol. The summed E-state index contributed by atoms with van der Waals surface area (Å²) < 4.78 is 0. The highest BCUT2D eigenvalue weighted by Crippen LogP contribution is 2.08. The molecule has 0 aliphatic heterocycles. The highest BCUT2D eigenvalue weighted by molar-refractivity contribution is 9.09. The number of nitrogens with zero attached hydrogens (tertiary/aromatic N) is 1. The van der Waals surface area contributed by atoms with Crippen molar-refractivity contribution in [3.8, 4) is 0 Å². The molecule has 0 spiro atoms. The van der Waals surface area contributed by atoms with Gasteiger partial charge in [-0.05, 0) is 38.9 Å². The van der Waals surface area contributed by atoms with E-state index in [-0.39, 0.29) is 0 Å². The Hall–Kier alpha value is 0.440. The molecule has 1 nitrogen and oxygen atoms in total. The molecule has 0 rings (SSSR count). The van der Waals surface area contributed by atoms with Crippen LogP contribution in [0.2, 0.25) is 0 Å². The third-order valence-corrected chi connectivity index (χ3v) is 3.94. The third kappa shape index (κ3) is 12.7. The Kier molecular flexibility index (Phi) is 14.9. The highest BCUT2D eigenvalue weighted by atomic mass is 79.9. The predicted molar refractivity (Wildman–Crippen MR) is 83.1 cm³/mol. The summed E-state index contributed by atoms with van der Waals surface area (Å²) in [4.78, 5) is 2.61. The SMILES string of the molecule is CCCCN(CC)CCCCCCCCCBr. The molecule has 2 heteroatoms. The lowest BCUT2D eigenvalue weighted by Crippen LogP contribution is -2.25. The van der Waals surface area contributed by atoms with Crippen LogP contribution < -0.4 is 0 Å². The summed E-state index contributed by atoms with van der Waals surface area (Å²) in [5.74, 6) is 0. The topological polar surface area (TPSA) is 3.24 Å². The quantitative estimate of drug-likeness (QED) is 0.332. The van der Waals surface area contributed by atoms with Crippen molar-refractivity contribution < 1.29 is 0 Å². The minimum atomic E-state index is 1.18. The summed E-state index contributed by atoms with van der Waals surface area (Å²) in [5, 5.41) is 1.18. The van der Waals surface area contributed by atoms with Crippen LogP contribution in [-0.2, 0) is 0 Å². The highest BCUT2D eigenvalue weighted by Gasteiger charge is 2.00. The van der Waals surface area contributed by atoms with Gasteiger partial charge in [-0.3, -0.25) is 0 Å². The zero-order valence-corrected chi connectivity index (χ0v) is 13.6. The molecule has 0 aliphatic carbocycles. The number of hydrogen-bond donors (Lipinski definition) is 0. The van der Waals surface area contributed by atoms with E-state index in [4.69, 9.17) is 0 Å². The van der Waals surface area contributed by atoms with Gasteiger partial charge in [-0.1, -0.05) is 68.3 Å². The van der Waals surface area contributed by atoms with Crippen molar-refractivity contribution in [3.05, 3.63) is 0 Å². The monoisotopic (exact) mass is 305 g/mol. The minimum absolute atomic E-state index is 1.18. The molecule has 0 aliphatic rings. The lowest BCUT2D eigenvalue weighted by Gasteiger charge is -2.19. The van der Waals surface area contributed by atoms with E-state index < -0.39 is 0 Å². The molecule has 0 aromatic rings. The summed E-state index contributed by atoms with van der Waals surface area (Å²) in [6, 6.07) is 0. The minimum Gasteiger partial charge on any atom is -0.304 e. The fraction of sp³-hybridized carbons (Fsp3) is 1.00. The van der Waals surface area contributed by atoms with Gasteiger partial charge in [0.05, 0.1) is 0 Å². The average molecular weight is 306 g/mol. The van der Waals surface area contributed by atoms with E-state index in [2.05, 4.69) is 34.7 Å². The van der Waals surface area contributed by atoms with Crippen LogP contribution in [-0.4, -0.2) is 29.9 Å². The fourth-order valence-corrected chi connectivity index (χ4v) is 2.52. The standard InChI is InChI=1S/C15H32BrN/c1-3-5-14-17(4-2)15-12-10-8-6-7-9-11-13-16/h3-15H2,1-2H3. The Bertz CT molecular complexity index is 139. The second kappa shape index (κ2) is 14.5. The van der Waals surface area contributed by atoms with Gasteiger partial charge >= 0.3 is 0 Å². The van der Waals surface area contributed by atoms with E-state index in [1.165, 1.54) is 82.8 Å². The Balaban J connectivity index is 3.19. The molecule has 0 radical (unpaired) electrons. The molecule has 17 heavy (non-hydrogen) atoms. The first-order valence-corrected chi connectivity index (χ1v) is 8.75. The average Bonchev–Trinajstić information content (AvgIpc) is 2.36. The maximum absolute atomic E-state index is 3.48. The van der Waals surface area contributed by atoms with E-state index >= 15 is 0 Å². The van der Waals surface area contributed by atoms with E-state index in [0.29, 0.717) is 0 Å². The summed E-state index contributed by atoms with van der Waals surface area (Å²) in [6.07, 6.45) is 12.6. The molecule has 0 aromatic carbocycles. The molecule has 0 unspecified atom stereocenters. The van der Waals surface area contributed by atoms with Crippen molar-refractivity contribution >= 4 is 15.9 Å². The van der Waals surface area contributed by atoms with Crippen molar-refractivity contribution in [1.82, 2.24) is 4.90 Å². The van der Waals surface area contributed by atoms with Gasteiger partial charge in [-0.25, -0.2) is 0 Å². The molecule has 104 valence electrons. The van der Waals surface area contributed by atoms with E-state index in [1.54, 1.807) is 0 Å². The van der Waals surface area contributed by atoms with Crippen LogP contribution >= 0.6 is 15.9 Å². The molecule has 0 bridgehead atoms. The predicted octanol–water partition coefficient (Wildman–Crippen LogP) is 5.23. The van der Waals surface area contributed by atoms with Gasteiger partial charge in [0.2, 0.25) is 0 Å². The van der Waals surface area contributed by atoms with Crippen LogP contribution in [0.25, 0.3) is 0 Å². The molecule has 0 saturated carbocycles. The van der Waals surface area contributed by atoms with Crippen molar-refractivity contribution in [2.75, 3.05) is 25.0 Å². The van der Waals surface area contributed by atoms with Crippen molar-refractivity contribution in [2.24, 2.45) is 0 Å². The number of rotatable bonds is 13. The zero-order valence-electron chi connectivity index (χ0n) is 12.0. The molecule has 0 amide bonds. The Morgan fingerprint density at radius 2 is 1.24 bits per heavy atom. The lowest BCUT2D eigenvalue weighted by atomic mass is 10.1. The summed E-state index contributed by atoms with van der Waals surface area (Å²) >= 11 is 3.48. The van der Waals surface area contributed by atoms with Gasteiger partial charge in [0.1, 0.15) is 0 Å². The lowest BCUT2D eigenvalue weighted by molar-refractivity contribution is 0.276. The van der Waals surface area contributed by atoms with Crippen LogP contribution in [0.4, 0.5) is 0 Å². The normalized spacial score (nSPS) is 11.3. The maximum Gasteiger partial charge on any atom is 0.00313 e. The van der Waals surface area contributed by atoms with E-state index in [0.717, 1.165) is 0 Å². The second-order valence-electron chi connectivity index (χ2n) is 4.95. The molecule has 0 aromatic heterocycles. The van der Waals surface area contributed by atoms with Gasteiger partial charge < -0.3 is 4.90 Å². The van der Waals surface area contributed by atoms with E-state index in [1.807, 2.05) is 0 Å². The van der Waals surface area contributed by atoms with Gasteiger partial charge in [0, 0.05) is 5.33 Å². The van der Waals surface area contributed by atoms with Crippen LogP contribution in [0.5, 0.6) is 0 Å². The van der Waals surface area contributed by atoms with E-state index in [9.17, 15) is 0 Å². The van der Waals surface area contributed by atoms with Crippen LogP contribution in [0.1, 0.15) is 71.6 Å². The number of unbranched alkanes of at least 4 members (excludes halogenated alkanes) is 7. The van der Waals surface area contributed by atoms with Crippen LogP contribution in [0, 0.1) is 0 Å². The fourth-order valence-electron chi connectivity index (χ4n) is 2.12. The Labute approximate surface area is 117 Å². The first kappa shape index (κ1) is 17.4. The zero-order chi connectivity index (χ0) is 12.8. The van der Waals surface area contributed by atoms with Crippen molar-refractivity contribution in [1.29, 1.82) is 0 Å². The summed E-state index contributed by atoms with van der Waals surface area (Å²) in [6.45, 7) is 8.41. The molecule has 0 atom stereocenters. The molecule has 0 heterocycles. The van der Waals surface area contributed by atoms with Gasteiger partial charge in [0.25, 0.3) is 0 Å². The van der Waals surface area contributed by atoms with Crippen molar-refractivity contribution in [3.63, 3.8) is 0 Å².